The standard InChI is InChI=1S/C30H28FIN2O7/c1-38-21-12-8-19(9-13-21)30(18-6-4-3-5-7-18,20-10-14-22(39-2)15-11-20)40-17-24-26(35)25(31)28(41-24)34-16-23(32)27(36)33-29(34)37/h3-16,24-26,28,35H,17H2,1-2H3,(H,33,36,37)/t24-,25?,26?,28-/m1/s1. The third-order valence-electron chi connectivity index (χ3n) is 7.13. The Kier molecular flexibility index (Phi) is 8.59. The van der Waals surface area contributed by atoms with Gasteiger partial charge in [-0.15, -0.1) is 0 Å². The number of hydrogen-bond acceptors (Lipinski definition) is 7. The SMILES string of the molecule is COc1ccc(C(OC[C@H]2O[C@@H](n3cc(I)c(=O)[nH]c3=O)C(F)C2O)(c2ccccc2)c2ccc(OC)cc2)cc1. The highest BCUT2D eigenvalue weighted by Gasteiger charge is 2.48. The highest BCUT2D eigenvalue weighted by Crippen LogP contribution is 2.43. The lowest BCUT2D eigenvalue weighted by Gasteiger charge is -2.37. The number of aliphatic hydroxyl groups is 1. The zero-order valence-corrected chi connectivity index (χ0v) is 24.4. The number of alkyl halides is 1. The van der Waals surface area contributed by atoms with E-state index in [0.29, 0.717) is 11.5 Å². The van der Waals surface area contributed by atoms with Crippen molar-refractivity contribution in [3.05, 3.63) is 126 Å². The van der Waals surface area contributed by atoms with E-state index >= 15 is 4.39 Å². The Hall–Kier alpha value is -3.52. The van der Waals surface area contributed by atoms with Gasteiger partial charge in [-0.1, -0.05) is 54.6 Å². The molecule has 1 aliphatic rings. The molecule has 0 bridgehead atoms. The molecule has 1 saturated heterocycles. The largest absolute Gasteiger partial charge is 0.497 e. The van der Waals surface area contributed by atoms with Crippen LogP contribution in [0.3, 0.4) is 0 Å². The molecule has 0 saturated carbocycles. The summed E-state index contributed by atoms with van der Waals surface area (Å²) in [4.78, 5) is 26.4. The monoisotopic (exact) mass is 674 g/mol. The number of methoxy groups -OCH3 is 2. The number of halogens is 2. The molecule has 0 aliphatic carbocycles. The predicted octanol–water partition coefficient (Wildman–Crippen LogP) is 3.76. The molecule has 1 aromatic heterocycles. The molecule has 0 amide bonds. The van der Waals surface area contributed by atoms with Crippen molar-refractivity contribution < 1.29 is 28.4 Å². The number of nitrogens with one attached hydrogen (secondary N) is 1. The Labute approximate surface area is 248 Å². The minimum Gasteiger partial charge on any atom is -0.497 e. The van der Waals surface area contributed by atoms with Crippen LogP contribution in [0.4, 0.5) is 4.39 Å². The number of H-pyrrole nitrogens is 1. The summed E-state index contributed by atoms with van der Waals surface area (Å²) < 4.78 is 39.8. The van der Waals surface area contributed by atoms with Gasteiger partial charge in [0.2, 0.25) is 0 Å². The quantitative estimate of drug-likeness (QED) is 0.206. The van der Waals surface area contributed by atoms with Crippen LogP contribution >= 0.6 is 22.6 Å². The molecule has 3 aromatic carbocycles. The molecule has 41 heavy (non-hydrogen) atoms. The minimum atomic E-state index is -1.95. The Morgan fingerprint density at radius 2 is 1.46 bits per heavy atom. The van der Waals surface area contributed by atoms with E-state index in [1.807, 2.05) is 78.9 Å². The van der Waals surface area contributed by atoms with Gasteiger partial charge in [0.1, 0.15) is 29.3 Å². The third-order valence-corrected chi connectivity index (χ3v) is 7.90. The fourth-order valence-corrected chi connectivity index (χ4v) is 5.43. The molecule has 11 heteroatoms. The molecule has 4 atom stereocenters. The van der Waals surface area contributed by atoms with E-state index in [1.54, 1.807) is 36.8 Å². The number of benzene rings is 3. The summed E-state index contributed by atoms with van der Waals surface area (Å²) >= 11 is 1.74. The lowest BCUT2D eigenvalue weighted by atomic mass is 9.80. The number of rotatable bonds is 9. The zero-order chi connectivity index (χ0) is 29.1. The van der Waals surface area contributed by atoms with Crippen LogP contribution in [0.15, 0.2) is 94.6 Å². The highest BCUT2D eigenvalue weighted by molar-refractivity contribution is 14.1. The van der Waals surface area contributed by atoms with Crippen molar-refractivity contribution in [3.63, 3.8) is 0 Å². The van der Waals surface area contributed by atoms with E-state index in [-0.39, 0.29) is 10.2 Å². The van der Waals surface area contributed by atoms with Gasteiger partial charge in [-0.3, -0.25) is 14.3 Å². The van der Waals surface area contributed by atoms with Gasteiger partial charge >= 0.3 is 5.69 Å². The summed E-state index contributed by atoms with van der Waals surface area (Å²) in [6, 6.07) is 24.3. The third kappa shape index (κ3) is 5.54. The number of nitrogens with zero attached hydrogens (tertiary/aromatic N) is 1. The first-order chi connectivity index (χ1) is 19.8. The Morgan fingerprint density at radius 1 is 0.927 bits per heavy atom. The maximum atomic E-state index is 15.4. The van der Waals surface area contributed by atoms with Crippen molar-refractivity contribution in [2.75, 3.05) is 20.8 Å². The van der Waals surface area contributed by atoms with Gasteiger partial charge in [0.05, 0.1) is 24.4 Å². The summed E-state index contributed by atoms with van der Waals surface area (Å²) in [6.45, 7) is -0.236. The zero-order valence-electron chi connectivity index (χ0n) is 22.2. The molecular weight excluding hydrogens is 646 g/mol. The van der Waals surface area contributed by atoms with Crippen molar-refractivity contribution >= 4 is 22.6 Å². The van der Waals surface area contributed by atoms with Crippen molar-refractivity contribution in [2.24, 2.45) is 0 Å². The van der Waals surface area contributed by atoms with E-state index in [1.165, 1.54) is 6.20 Å². The summed E-state index contributed by atoms with van der Waals surface area (Å²) in [5.74, 6) is 1.31. The second-order valence-corrected chi connectivity index (χ2v) is 10.6. The predicted molar refractivity (Wildman–Crippen MR) is 157 cm³/mol. The molecule has 2 unspecified atom stereocenters. The number of ether oxygens (including phenoxy) is 4. The van der Waals surface area contributed by atoms with Crippen LogP contribution in [0.2, 0.25) is 0 Å². The number of aromatic nitrogens is 2. The van der Waals surface area contributed by atoms with Crippen LogP contribution in [0.1, 0.15) is 22.9 Å². The smallest absolute Gasteiger partial charge is 0.330 e. The van der Waals surface area contributed by atoms with Gasteiger partial charge < -0.3 is 24.1 Å². The van der Waals surface area contributed by atoms with Crippen LogP contribution in [-0.4, -0.2) is 53.9 Å². The average molecular weight is 674 g/mol. The molecule has 1 aliphatic heterocycles. The van der Waals surface area contributed by atoms with Crippen LogP contribution in [0.5, 0.6) is 11.5 Å². The van der Waals surface area contributed by atoms with Crippen LogP contribution < -0.4 is 20.7 Å². The maximum absolute atomic E-state index is 15.4. The molecule has 2 heterocycles. The molecular formula is C30H28FIN2O7. The summed E-state index contributed by atoms with van der Waals surface area (Å²) in [7, 11) is 3.16. The molecule has 0 spiro atoms. The first-order valence-corrected chi connectivity index (χ1v) is 13.8. The molecule has 0 radical (unpaired) electrons. The van der Waals surface area contributed by atoms with Crippen LogP contribution in [0, 0.1) is 3.57 Å². The second-order valence-electron chi connectivity index (χ2n) is 9.46. The molecule has 9 nitrogen and oxygen atoms in total. The molecule has 214 valence electrons. The number of hydrogen-bond donors (Lipinski definition) is 2. The van der Waals surface area contributed by atoms with E-state index in [2.05, 4.69) is 4.98 Å². The minimum absolute atomic E-state index is 0.175. The van der Waals surface area contributed by atoms with E-state index in [0.717, 1.165) is 21.3 Å². The van der Waals surface area contributed by atoms with Gasteiger partial charge in [-0.25, -0.2) is 9.18 Å². The Balaban J connectivity index is 1.56. The lowest BCUT2D eigenvalue weighted by Crippen LogP contribution is -2.39. The first-order valence-electron chi connectivity index (χ1n) is 12.8. The highest BCUT2D eigenvalue weighted by atomic mass is 127. The van der Waals surface area contributed by atoms with Crippen LogP contribution in [0.25, 0.3) is 0 Å². The van der Waals surface area contributed by atoms with Crippen molar-refractivity contribution in [1.29, 1.82) is 0 Å². The topological polar surface area (TPSA) is 112 Å². The molecule has 2 N–H and O–H groups in total. The van der Waals surface area contributed by atoms with Gasteiger partial charge in [-0.05, 0) is 63.5 Å². The van der Waals surface area contributed by atoms with Crippen molar-refractivity contribution in [1.82, 2.24) is 9.55 Å². The Bertz CT molecular complexity index is 1550. The summed E-state index contributed by atoms with van der Waals surface area (Å²) in [5, 5.41) is 10.8. The van der Waals surface area contributed by atoms with Gasteiger partial charge in [0.25, 0.3) is 5.56 Å². The fraction of sp³-hybridized carbons (Fsp3) is 0.267. The maximum Gasteiger partial charge on any atom is 0.330 e. The van der Waals surface area contributed by atoms with Crippen molar-refractivity contribution in [2.45, 2.75) is 30.2 Å². The van der Waals surface area contributed by atoms with Gasteiger partial charge in [0, 0.05) is 6.20 Å². The second kappa shape index (κ2) is 12.1. The van der Waals surface area contributed by atoms with E-state index < -0.39 is 41.5 Å². The molecule has 5 rings (SSSR count). The number of aromatic amines is 1. The van der Waals surface area contributed by atoms with Crippen molar-refractivity contribution in [3.8, 4) is 11.5 Å². The van der Waals surface area contributed by atoms with Gasteiger partial charge in [-0.2, -0.15) is 0 Å². The van der Waals surface area contributed by atoms with Gasteiger partial charge in [0.15, 0.2) is 12.4 Å². The van der Waals surface area contributed by atoms with E-state index in [9.17, 15) is 14.7 Å². The summed E-state index contributed by atoms with van der Waals surface area (Å²) in [5.41, 5.74) is -0.359. The fourth-order valence-electron chi connectivity index (χ4n) is 5.00. The van der Waals surface area contributed by atoms with Crippen LogP contribution in [-0.2, 0) is 15.1 Å². The normalized spacial score (nSPS) is 20.6. The Morgan fingerprint density at radius 3 is 2.00 bits per heavy atom. The first kappa shape index (κ1) is 29.0. The number of aliphatic hydroxyl groups excluding tert-OH is 1. The lowest BCUT2D eigenvalue weighted by molar-refractivity contribution is -0.0951. The molecule has 4 aromatic rings. The van der Waals surface area contributed by atoms with E-state index in [4.69, 9.17) is 18.9 Å². The average Bonchev–Trinajstić information content (AvgIpc) is 3.29. The summed E-state index contributed by atoms with van der Waals surface area (Å²) in [6.07, 6.45) is -4.93. The molecule has 1 fully saturated rings.